The third-order valence-electron chi connectivity index (χ3n) is 10.6. The maximum absolute atomic E-state index is 7.16. The lowest BCUT2D eigenvalue weighted by Crippen LogP contribution is -2.61. The normalized spacial score (nSPS) is 45.4. The summed E-state index contributed by atoms with van der Waals surface area (Å²) >= 11 is 0. The monoisotopic (exact) mass is 507 g/mol. The molecular weight excluding hydrogens is 454 g/mol. The molecule has 4 saturated carbocycles. The first-order chi connectivity index (χ1) is 15.7. The zero-order valence-electron chi connectivity index (χ0n) is 23.9. The minimum absolute atomic E-state index is 0.155. The van der Waals surface area contributed by atoms with E-state index in [2.05, 4.69) is 65.2 Å². The van der Waals surface area contributed by atoms with E-state index in [4.69, 9.17) is 13.7 Å². The van der Waals surface area contributed by atoms with E-state index in [0.29, 0.717) is 11.5 Å². The number of hydrogen-bond donors (Lipinski definition) is 0. The third kappa shape index (κ3) is 4.52. The summed E-state index contributed by atoms with van der Waals surface area (Å²) in [5, 5.41) is 4.52. The van der Waals surface area contributed by atoms with Gasteiger partial charge in [-0.2, -0.15) is 0 Å². The van der Waals surface area contributed by atoms with Gasteiger partial charge in [0.2, 0.25) is 0 Å². The molecule has 0 unspecified atom stereocenters. The molecule has 0 amide bonds. The molecule has 6 heteroatoms. The molecule has 4 nitrogen and oxygen atoms in total. The van der Waals surface area contributed by atoms with Gasteiger partial charge in [0, 0.05) is 11.5 Å². The van der Waals surface area contributed by atoms with Crippen molar-refractivity contribution in [3.63, 3.8) is 0 Å². The van der Waals surface area contributed by atoms with Crippen molar-refractivity contribution in [3.8, 4) is 0 Å². The van der Waals surface area contributed by atoms with Crippen molar-refractivity contribution >= 4 is 22.3 Å². The Bertz CT molecular complexity index is 790. The van der Waals surface area contributed by atoms with Gasteiger partial charge in [0.15, 0.2) is 16.6 Å². The van der Waals surface area contributed by atoms with Crippen LogP contribution in [0.2, 0.25) is 39.3 Å². The lowest BCUT2D eigenvalue weighted by molar-refractivity contribution is -0.139. The Labute approximate surface area is 212 Å². The summed E-state index contributed by atoms with van der Waals surface area (Å²) in [6.07, 6.45) is 12.2. The molecule has 0 heterocycles. The van der Waals surface area contributed by atoms with Crippen molar-refractivity contribution in [1.29, 1.82) is 0 Å². The molecule has 4 fully saturated rings. The second kappa shape index (κ2) is 8.99. The summed E-state index contributed by atoms with van der Waals surface area (Å²) in [4.78, 5) is 5.33. The highest BCUT2D eigenvalue weighted by Gasteiger charge is 2.67. The van der Waals surface area contributed by atoms with Crippen LogP contribution >= 0.6 is 0 Å². The van der Waals surface area contributed by atoms with Gasteiger partial charge in [-0.25, -0.2) is 0 Å². The Balaban J connectivity index is 1.60. The van der Waals surface area contributed by atoms with E-state index in [1.54, 1.807) is 7.11 Å². The average molecular weight is 508 g/mol. The highest BCUT2D eigenvalue weighted by molar-refractivity contribution is 6.70. The predicted octanol–water partition coefficient (Wildman–Crippen LogP) is 7.86. The molecule has 4 aliphatic carbocycles. The Hall–Kier alpha value is -0.176. The maximum atomic E-state index is 7.16. The maximum Gasteiger partial charge on any atom is 0.185 e. The van der Waals surface area contributed by atoms with Gasteiger partial charge in [-0.05, 0) is 133 Å². The first kappa shape index (κ1) is 26.9. The molecule has 196 valence electrons. The van der Waals surface area contributed by atoms with E-state index in [1.165, 1.54) is 51.4 Å². The van der Waals surface area contributed by atoms with E-state index in [0.717, 1.165) is 35.8 Å². The van der Waals surface area contributed by atoms with Crippen LogP contribution < -0.4 is 0 Å². The van der Waals surface area contributed by atoms with Crippen molar-refractivity contribution in [3.05, 3.63) is 0 Å². The van der Waals surface area contributed by atoms with Crippen LogP contribution in [0.3, 0.4) is 0 Å². The standard InChI is InChI=1S/C28H53NO3Si2/c1-20(29-30-4)28(32-34(8,9)10)18-15-25-23-12-11-21-19-22(31-33(5,6)7)13-16-26(21,2)24(23)14-17-27(25,28)3/h21-25H,11-19H2,1-10H3/b29-20+/t21-,22-,23+,24-,25-,26-,27-,28-/m0/s1. The van der Waals surface area contributed by atoms with Crippen LogP contribution in [0.4, 0.5) is 0 Å². The molecule has 0 aliphatic heterocycles. The zero-order chi connectivity index (χ0) is 25.2. The lowest BCUT2D eigenvalue weighted by Gasteiger charge is -2.62. The van der Waals surface area contributed by atoms with Crippen LogP contribution in [-0.4, -0.2) is 41.2 Å². The van der Waals surface area contributed by atoms with Gasteiger partial charge in [0.05, 0.1) is 5.71 Å². The number of hydrogen-bond acceptors (Lipinski definition) is 4. The summed E-state index contributed by atoms with van der Waals surface area (Å²) in [6.45, 7) is 21.5. The van der Waals surface area contributed by atoms with E-state index < -0.39 is 16.6 Å². The number of nitrogens with zero attached hydrogens (tertiary/aromatic N) is 1. The van der Waals surface area contributed by atoms with Gasteiger partial charge in [0.25, 0.3) is 0 Å². The molecule has 0 spiro atoms. The largest absolute Gasteiger partial charge is 0.415 e. The van der Waals surface area contributed by atoms with Gasteiger partial charge in [-0.1, -0.05) is 19.0 Å². The van der Waals surface area contributed by atoms with Crippen molar-refractivity contribution in [2.24, 2.45) is 39.7 Å². The molecule has 4 rings (SSSR count). The van der Waals surface area contributed by atoms with Gasteiger partial charge in [-0.15, -0.1) is 0 Å². The predicted molar refractivity (Wildman–Crippen MR) is 147 cm³/mol. The Morgan fingerprint density at radius 3 is 2.12 bits per heavy atom. The first-order valence-electron chi connectivity index (χ1n) is 14.1. The van der Waals surface area contributed by atoms with Crippen LogP contribution in [-0.2, 0) is 13.7 Å². The molecule has 0 radical (unpaired) electrons. The fraction of sp³-hybridized carbons (Fsp3) is 0.964. The first-order valence-corrected chi connectivity index (χ1v) is 20.9. The Morgan fingerprint density at radius 1 is 0.824 bits per heavy atom. The topological polar surface area (TPSA) is 40.0 Å². The van der Waals surface area contributed by atoms with E-state index in [-0.39, 0.29) is 11.0 Å². The number of rotatable bonds is 6. The molecule has 8 atom stereocenters. The summed E-state index contributed by atoms with van der Waals surface area (Å²) in [5.74, 6) is 3.27. The van der Waals surface area contributed by atoms with Crippen LogP contribution in [0, 0.1) is 34.5 Å². The second-order valence-corrected chi connectivity index (χ2v) is 23.6. The van der Waals surface area contributed by atoms with Crippen molar-refractivity contribution in [2.75, 3.05) is 7.11 Å². The molecule has 0 aromatic heterocycles. The Kier molecular flexibility index (Phi) is 7.10. The van der Waals surface area contributed by atoms with Crippen molar-refractivity contribution in [2.45, 2.75) is 130 Å². The summed E-state index contributed by atoms with van der Waals surface area (Å²) in [6, 6.07) is 0. The van der Waals surface area contributed by atoms with E-state index >= 15 is 0 Å². The molecule has 4 aliphatic rings. The van der Waals surface area contributed by atoms with Crippen LogP contribution in [0.25, 0.3) is 0 Å². The Morgan fingerprint density at radius 2 is 1.50 bits per heavy atom. The minimum atomic E-state index is -1.77. The van der Waals surface area contributed by atoms with Crippen LogP contribution in [0.5, 0.6) is 0 Å². The average Bonchev–Trinajstić information content (AvgIpc) is 2.99. The molecule has 34 heavy (non-hydrogen) atoms. The minimum Gasteiger partial charge on any atom is -0.415 e. The molecule has 0 aromatic rings. The van der Waals surface area contributed by atoms with Crippen LogP contribution in [0.15, 0.2) is 5.16 Å². The quantitative estimate of drug-likeness (QED) is 0.209. The van der Waals surface area contributed by atoms with Gasteiger partial charge < -0.3 is 13.7 Å². The van der Waals surface area contributed by atoms with Gasteiger partial charge in [-0.3, -0.25) is 0 Å². The summed E-state index contributed by atoms with van der Waals surface area (Å²) in [5.41, 5.74) is 1.46. The fourth-order valence-electron chi connectivity index (χ4n) is 9.39. The van der Waals surface area contributed by atoms with Crippen LogP contribution in [0.1, 0.15) is 78.6 Å². The summed E-state index contributed by atoms with van der Waals surface area (Å²) < 4.78 is 13.8. The van der Waals surface area contributed by atoms with Gasteiger partial charge in [0.1, 0.15) is 12.7 Å². The number of fused-ring (bicyclic) bond motifs is 5. The van der Waals surface area contributed by atoms with Crippen molar-refractivity contribution in [1.82, 2.24) is 0 Å². The molecule has 0 bridgehead atoms. The third-order valence-corrected chi connectivity index (χ3v) is 12.6. The number of oxime groups is 1. The smallest absolute Gasteiger partial charge is 0.185 e. The van der Waals surface area contributed by atoms with E-state index in [9.17, 15) is 0 Å². The molecule has 0 N–H and O–H groups in total. The zero-order valence-corrected chi connectivity index (χ0v) is 25.9. The molecule has 0 saturated heterocycles. The molecule has 0 aromatic carbocycles. The van der Waals surface area contributed by atoms with E-state index in [1.807, 2.05) is 0 Å². The van der Waals surface area contributed by atoms with Crippen molar-refractivity contribution < 1.29 is 13.7 Å². The highest BCUT2D eigenvalue weighted by atomic mass is 28.4. The van der Waals surface area contributed by atoms with Gasteiger partial charge >= 0.3 is 0 Å². The summed E-state index contributed by atoms with van der Waals surface area (Å²) in [7, 11) is -1.56. The lowest BCUT2D eigenvalue weighted by atomic mass is 9.44. The fourth-order valence-corrected chi connectivity index (χ4v) is 12.1. The molecular formula is C28H53NO3Si2. The highest BCUT2D eigenvalue weighted by Crippen LogP contribution is 2.69. The SMILES string of the molecule is CO/N=C(\C)[C@@]1(O[Si](C)(C)C)CC[C@H]2[C@@H]3CC[C@H]4C[C@@H](O[Si](C)(C)C)CC[C@]4(C)[C@H]3CC[C@@]21C. The second-order valence-electron chi connectivity index (χ2n) is 14.7.